The second-order valence-electron chi connectivity index (χ2n) is 6.63. The summed E-state index contributed by atoms with van der Waals surface area (Å²) in [6.45, 7) is -2.41. The van der Waals surface area contributed by atoms with E-state index >= 15 is 0 Å². The molecule has 2 heterocycles. The third-order valence-corrected chi connectivity index (χ3v) is 4.90. The quantitative estimate of drug-likeness (QED) is 0.820. The first-order chi connectivity index (χ1) is 14.5. The van der Waals surface area contributed by atoms with Gasteiger partial charge in [-0.3, -0.25) is 4.79 Å². The van der Waals surface area contributed by atoms with Crippen LogP contribution in [0.5, 0.6) is 17.2 Å². The Morgan fingerprint density at radius 1 is 1.30 bits per heavy atom. The Bertz CT molecular complexity index is 986. The van der Waals surface area contributed by atoms with Crippen LogP contribution in [0, 0.1) is 11.7 Å². The van der Waals surface area contributed by atoms with E-state index in [1.54, 1.807) is 17.0 Å². The van der Waals surface area contributed by atoms with E-state index in [2.05, 4.69) is 0 Å². The minimum atomic E-state index is -2.29. The number of piperidine rings is 1. The Morgan fingerprint density at radius 2 is 2.07 bits per heavy atom. The van der Waals surface area contributed by atoms with Gasteiger partial charge in [0, 0.05) is 32.0 Å². The van der Waals surface area contributed by atoms with Crippen LogP contribution < -0.4 is 14.2 Å². The summed E-state index contributed by atoms with van der Waals surface area (Å²) >= 11 is 0. The fourth-order valence-corrected chi connectivity index (χ4v) is 3.44. The highest BCUT2D eigenvalue weighted by Gasteiger charge is 2.32. The standard InChI is InChI=1S/C21H22FNO4/c1-14(24)23-9-8-19(15-2-4-17(22)5-3-15)16(11-23)12-25-18-6-7-20-21(10-18)27-13-26-20/h2-7,10,16,19H,8-9,11-13H2,1H3/t16-,19-/m0/s1/i12D2,13D2. The number of fused-ring (bicyclic) bond motifs is 1. The number of halogens is 1. The van der Waals surface area contributed by atoms with Gasteiger partial charge in [-0.1, -0.05) is 12.1 Å². The topological polar surface area (TPSA) is 48.0 Å². The number of carbonyl (C=O) groups is 1. The normalized spacial score (nSPS) is 25.8. The fraction of sp³-hybridized carbons (Fsp3) is 0.381. The van der Waals surface area contributed by atoms with Crippen LogP contribution >= 0.6 is 0 Å². The highest BCUT2D eigenvalue weighted by Crippen LogP contribution is 2.37. The number of amides is 1. The molecule has 0 aliphatic carbocycles. The lowest BCUT2D eigenvalue weighted by atomic mass is 9.81. The van der Waals surface area contributed by atoms with Crippen molar-refractivity contribution in [3.63, 3.8) is 0 Å². The van der Waals surface area contributed by atoms with Crippen molar-refractivity contribution in [3.05, 3.63) is 53.8 Å². The van der Waals surface area contributed by atoms with Crippen LogP contribution in [0.4, 0.5) is 4.39 Å². The Kier molecular flexibility index (Phi) is 3.71. The molecule has 6 heteroatoms. The third-order valence-electron chi connectivity index (χ3n) is 4.90. The van der Waals surface area contributed by atoms with Crippen molar-refractivity contribution in [3.8, 4) is 17.2 Å². The Hall–Kier alpha value is -2.76. The summed E-state index contributed by atoms with van der Waals surface area (Å²) in [5.74, 6) is -1.07. The zero-order valence-electron chi connectivity index (χ0n) is 18.8. The van der Waals surface area contributed by atoms with Crippen molar-refractivity contribution < 1.29 is 28.9 Å². The molecule has 0 radical (unpaired) electrons. The van der Waals surface area contributed by atoms with E-state index in [0.29, 0.717) is 13.0 Å². The number of hydrogen-bond donors (Lipinski definition) is 0. The average Bonchev–Trinajstić information content (AvgIpc) is 3.01. The van der Waals surface area contributed by atoms with Crippen molar-refractivity contribution in [2.45, 2.75) is 19.3 Å². The largest absolute Gasteiger partial charge is 0.493 e. The zero-order chi connectivity index (χ0) is 22.4. The predicted molar refractivity (Wildman–Crippen MR) is 97.6 cm³/mol. The second kappa shape index (κ2) is 7.47. The minimum Gasteiger partial charge on any atom is -0.493 e. The first-order valence-electron chi connectivity index (χ1n) is 10.8. The Labute approximate surface area is 163 Å². The molecule has 2 aliphatic rings. The predicted octanol–water partition coefficient (Wildman–Crippen LogP) is 3.59. The van der Waals surface area contributed by atoms with E-state index < -0.39 is 19.2 Å². The molecule has 2 aliphatic heterocycles. The summed E-state index contributed by atoms with van der Waals surface area (Å²) in [4.78, 5) is 13.5. The van der Waals surface area contributed by atoms with Crippen LogP contribution in [-0.4, -0.2) is 37.2 Å². The van der Waals surface area contributed by atoms with Gasteiger partial charge >= 0.3 is 0 Å². The van der Waals surface area contributed by atoms with Crippen molar-refractivity contribution in [1.29, 1.82) is 0 Å². The number of ether oxygens (including phenoxy) is 3. The zero-order valence-corrected chi connectivity index (χ0v) is 14.8. The first kappa shape index (κ1) is 13.4. The van der Waals surface area contributed by atoms with Crippen molar-refractivity contribution in [1.82, 2.24) is 4.90 Å². The SMILES string of the molecule is [2H]C1([2H])Oc2ccc(OC([2H])([2H])[C@@H]3CN(C(C)=O)CC[C@H]3c3ccc(F)cc3)cc2O1. The van der Waals surface area contributed by atoms with Crippen molar-refractivity contribution in [2.24, 2.45) is 5.92 Å². The van der Waals surface area contributed by atoms with E-state index in [1.807, 2.05) is 0 Å². The summed E-state index contributed by atoms with van der Waals surface area (Å²) in [7, 11) is 0. The summed E-state index contributed by atoms with van der Waals surface area (Å²) < 4.78 is 61.6. The van der Waals surface area contributed by atoms with Gasteiger partial charge in [-0.25, -0.2) is 4.39 Å². The van der Waals surface area contributed by atoms with Crippen LogP contribution in [0.2, 0.25) is 0 Å². The molecular weight excluding hydrogens is 349 g/mol. The number of rotatable bonds is 4. The molecule has 142 valence electrons. The average molecular weight is 375 g/mol. The molecule has 0 aromatic heterocycles. The summed E-state index contributed by atoms with van der Waals surface area (Å²) in [6.07, 6.45) is 0.514. The number of benzene rings is 2. The molecule has 27 heavy (non-hydrogen) atoms. The van der Waals surface area contributed by atoms with Gasteiger partial charge in [-0.05, 0) is 42.2 Å². The molecule has 4 rings (SSSR count). The van der Waals surface area contributed by atoms with Crippen LogP contribution in [0.1, 0.15) is 30.3 Å². The molecule has 0 N–H and O–H groups in total. The van der Waals surface area contributed by atoms with E-state index in [-0.39, 0.29) is 41.4 Å². The number of carbonyl (C=O) groups excluding carboxylic acids is 1. The minimum absolute atomic E-state index is 0.113. The molecule has 0 unspecified atom stereocenters. The van der Waals surface area contributed by atoms with Crippen LogP contribution in [0.15, 0.2) is 42.5 Å². The second-order valence-corrected chi connectivity index (χ2v) is 6.63. The smallest absolute Gasteiger partial charge is 0.231 e. The first-order valence-corrected chi connectivity index (χ1v) is 8.76. The summed E-state index contributed by atoms with van der Waals surface area (Å²) in [5.41, 5.74) is 0.779. The van der Waals surface area contributed by atoms with Gasteiger partial charge in [0.2, 0.25) is 12.7 Å². The van der Waals surface area contributed by atoms with Gasteiger partial charge in [0.15, 0.2) is 11.5 Å². The molecule has 2 atom stereocenters. The molecule has 1 fully saturated rings. The van der Waals surface area contributed by atoms with Crippen LogP contribution in [-0.2, 0) is 4.79 Å². The maximum absolute atomic E-state index is 13.4. The monoisotopic (exact) mass is 375 g/mol. The maximum Gasteiger partial charge on any atom is 0.231 e. The van der Waals surface area contributed by atoms with E-state index in [0.717, 1.165) is 5.56 Å². The molecule has 2 aromatic carbocycles. The summed E-state index contributed by atoms with van der Waals surface area (Å²) in [6, 6.07) is 10.2. The van der Waals surface area contributed by atoms with Crippen molar-refractivity contribution in [2.75, 3.05) is 26.4 Å². The number of likely N-dealkylation sites (tertiary alicyclic amines) is 1. The van der Waals surface area contributed by atoms with Gasteiger partial charge in [-0.2, -0.15) is 0 Å². The van der Waals surface area contributed by atoms with Gasteiger partial charge in [0.1, 0.15) is 14.3 Å². The number of hydrogen-bond acceptors (Lipinski definition) is 4. The Morgan fingerprint density at radius 3 is 2.85 bits per heavy atom. The lowest BCUT2D eigenvalue weighted by Crippen LogP contribution is -2.44. The molecule has 0 spiro atoms. The van der Waals surface area contributed by atoms with E-state index in [1.165, 1.54) is 37.3 Å². The van der Waals surface area contributed by atoms with Crippen LogP contribution in [0.25, 0.3) is 0 Å². The maximum atomic E-state index is 13.4. The van der Waals surface area contributed by atoms with Gasteiger partial charge in [0.05, 0.1) is 9.30 Å². The molecule has 2 aromatic rings. The van der Waals surface area contributed by atoms with Gasteiger partial charge < -0.3 is 19.1 Å². The molecule has 5 nitrogen and oxygen atoms in total. The molecule has 1 amide bonds. The molecule has 1 saturated heterocycles. The molecule has 0 saturated carbocycles. The highest BCUT2D eigenvalue weighted by atomic mass is 19.1. The van der Waals surface area contributed by atoms with E-state index in [4.69, 9.17) is 19.7 Å². The highest BCUT2D eigenvalue weighted by molar-refractivity contribution is 5.73. The Balaban J connectivity index is 1.61. The molecule has 0 bridgehead atoms. The lowest BCUT2D eigenvalue weighted by Gasteiger charge is -2.38. The third kappa shape index (κ3) is 3.84. The van der Waals surface area contributed by atoms with Gasteiger partial charge in [-0.15, -0.1) is 0 Å². The number of nitrogens with zero attached hydrogens (tertiary/aromatic N) is 1. The van der Waals surface area contributed by atoms with Crippen molar-refractivity contribution >= 4 is 5.91 Å². The van der Waals surface area contributed by atoms with Gasteiger partial charge in [0.25, 0.3) is 0 Å². The molecular formula is C21H22FNO4. The van der Waals surface area contributed by atoms with Crippen LogP contribution in [0.3, 0.4) is 0 Å². The summed E-state index contributed by atoms with van der Waals surface area (Å²) in [5, 5.41) is 0. The lowest BCUT2D eigenvalue weighted by molar-refractivity contribution is -0.131. The fourth-order valence-electron chi connectivity index (χ4n) is 3.44. The van der Waals surface area contributed by atoms with E-state index in [9.17, 15) is 9.18 Å².